The molecule has 0 spiro atoms. The zero-order valence-electron chi connectivity index (χ0n) is 14.3. The van der Waals surface area contributed by atoms with Gasteiger partial charge in [0.1, 0.15) is 5.76 Å². The Bertz CT molecular complexity index is 744. The van der Waals surface area contributed by atoms with E-state index in [-0.39, 0.29) is 37.2 Å². The Morgan fingerprint density at radius 2 is 1.81 bits per heavy atom. The average molecular weight is 378 g/mol. The third-order valence-electron chi connectivity index (χ3n) is 3.53. The highest BCUT2D eigenvalue weighted by atomic mass is 35.5. The highest BCUT2D eigenvalue weighted by molar-refractivity contribution is 6.30. The fourth-order valence-corrected chi connectivity index (χ4v) is 2.42. The van der Waals surface area contributed by atoms with Crippen molar-refractivity contribution in [1.29, 1.82) is 0 Å². The van der Waals surface area contributed by atoms with Crippen molar-refractivity contribution in [2.45, 2.75) is 25.9 Å². The van der Waals surface area contributed by atoms with Crippen LogP contribution in [0.1, 0.15) is 30.7 Å². The van der Waals surface area contributed by atoms with Crippen LogP contribution < -0.4 is 16.0 Å². The van der Waals surface area contributed by atoms with Gasteiger partial charge in [-0.3, -0.25) is 14.4 Å². The maximum Gasteiger partial charge on any atom is 0.239 e. The van der Waals surface area contributed by atoms with Crippen LogP contribution in [0.5, 0.6) is 0 Å². The van der Waals surface area contributed by atoms with Crippen molar-refractivity contribution in [1.82, 2.24) is 16.0 Å². The van der Waals surface area contributed by atoms with E-state index in [1.807, 2.05) is 0 Å². The molecule has 0 aliphatic carbocycles. The van der Waals surface area contributed by atoms with Crippen LogP contribution >= 0.6 is 11.6 Å². The van der Waals surface area contributed by atoms with E-state index in [4.69, 9.17) is 16.0 Å². The van der Waals surface area contributed by atoms with E-state index in [0.29, 0.717) is 10.8 Å². The van der Waals surface area contributed by atoms with Gasteiger partial charge in [-0.25, -0.2) is 0 Å². The van der Waals surface area contributed by atoms with Crippen LogP contribution in [0.3, 0.4) is 0 Å². The fourth-order valence-electron chi connectivity index (χ4n) is 2.29. The van der Waals surface area contributed by atoms with E-state index in [0.717, 1.165) is 5.56 Å². The zero-order chi connectivity index (χ0) is 18.9. The minimum Gasteiger partial charge on any atom is -0.467 e. The lowest BCUT2D eigenvalue weighted by Gasteiger charge is -2.18. The van der Waals surface area contributed by atoms with Crippen molar-refractivity contribution < 1.29 is 18.8 Å². The van der Waals surface area contributed by atoms with Crippen LogP contribution in [-0.2, 0) is 20.9 Å². The second-order valence-electron chi connectivity index (χ2n) is 5.64. The monoisotopic (exact) mass is 377 g/mol. The van der Waals surface area contributed by atoms with Gasteiger partial charge in [-0.1, -0.05) is 23.7 Å². The lowest BCUT2D eigenvalue weighted by atomic mass is 10.0. The molecular formula is C18H20ClN3O4. The number of hydrogen-bond acceptors (Lipinski definition) is 4. The summed E-state index contributed by atoms with van der Waals surface area (Å²) in [6.07, 6.45) is 1.52. The third kappa shape index (κ3) is 6.60. The summed E-state index contributed by atoms with van der Waals surface area (Å²) in [7, 11) is 0. The van der Waals surface area contributed by atoms with Gasteiger partial charge in [-0.2, -0.15) is 0 Å². The largest absolute Gasteiger partial charge is 0.467 e. The maximum atomic E-state index is 12.1. The second-order valence-corrected chi connectivity index (χ2v) is 6.08. The van der Waals surface area contributed by atoms with Crippen LogP contribution in [0.15, 0.2) is 47.1 Å². The summed E-state index contributed by atoms with van der Waals surface area (Å²) in [4.78, 5) is 35.3. The average Bonchev–Trinajstić information content (AvgIpc) is 3.11. The number of carbonyl (C=O) groups excluding carboxylic acids is 3. The van der Waals surface area contributed by atoms with Gasteiger partial charge < -0.3 is 20.4 Å². The maximum absolute atomic E-state index is 12.1. The summed E-state index contributed by atoms with van der Waals surface area (Å²) in [5, 5.41) is 8.46. The van der Waals surface area contributed by atoms with Gasteiger partial charge in [0.15, 0.2) is 0 Å². The number of hydrogen-bond donors (Lipinski definition) is 3. The van der Waals surface area contributed by atoms with Gasteiger partial charge in [0.25, 0.3) is 0 Å². The highest BCUT2D eigenvalue weighted by Crippen LogP contribution is 2.19. The molecule has 0 fully saturated rings. The first-order valence-corrected chi connectivity index (χ1v) is 8.40. The third-order valence-corrected chi connectivity index (χ3v) is 3.78. The molecule has 8 heteroatoms. The Balaban J connectivity index is 1.83. The molecule has 138 valence electrons. The van der Waals surface area contributed by atoms with E-state index in [1.165, 1.54) is 13.2 Å². The molecule has 1 unspecified atom stereocenters. The predicted molar refractivity (Wildman–Crippen MR) is 96.2 cm³/mol. The summed E-state index contributed by atoms with van der Waals surface area (Å²) in [5.41, 5.74) is 0.752. The molecule has 2 rings (SSSR count). The Kier molecular flexibility index (Phi) is 7.23. The van der Waals surface area contributed by atoms with Crippen molar-refractivity contribution in [2.24, 2.45) is 0 Å². The lowest BCUT2D eigenvalue weighted by Crippen LogP contribution is -2.38. The van der Waals surface area contributed by atoms with E-state index < -0.39 is 6.04 Å². The van der Waals surface area contributed by atoms with E-state index in [2.05, 4.69) is 16.0 Å². The topological polar surface area (TPSA) is 100 Å². The van der Waals surface area contributed by atoms with Crippen molar-refractivity contribution in [3.8, 4) is 0 Å². The van der Waals surface area contributed by atoms with Crippen LogP contribution in [0.25, 0.3) is 0 Å². The van der Waals surface area contributed by atoms with E-state index in [9.17, 15) is 14.4 Å². The Hall–Kier alpha value is -2.80. The second kappa shape index (κ2) is 9.62. The van der Waals surface area contributed by atoms with Crippen LogP contribution in [0.2, 0.25) is 5.02 Å². The van der Waals surface area contributed by atoms with Gasteiger partial charge in [0.2, 0.25) is 17.7 Å². The van der Waals surface area contributed by atoms with E-state index in [1.54, 1.807) is 36.4 Å². The number of furan rings is 1. The minimum absolute atomic E-state index is 0.00662. The normalized spacial score (nSPS) is 11.5. The van der Waals surface area contributed by atoms with Gasteiger partial charge in [0, 0.05) is 11.9 Å². The molecule has 3 amide bonds. The zero-order valence-corrected chi connectivity index (χ0v) is 15.0. The molecule has 3 N–H and O–H groups in total. The van der Waals surface area contributed by atoms with Crippen molar-refractivity contribution in [3.05, 3.63) is 59.0 Å². The molecule has 0 bridgehead atoms. The van der Waals surface area contributed by atoms with Gasteiger partial charge in [0.05, 0.1) is 31.8 Å². The van der Waals surface area contributed by atoms with Crippen molar-refractivity contribution in [2.75, 3.05) is 6.54 Å². The highest BCUT2D eigenvalue weighted by Gasteiger charge is 2.17. The number of benzene rings is 1. The lowest BCUT2D eigenvalue weighted by molar-refractivity contribution is -0.127. The molecule has 1 atom stereocenters. The number of carbonyl (C=O) groups is 3. The SMILES string of the molecule is CC(=O)NC(CC(=O)NCC(=O)NCc1ccco1)c1ccc(Cl)cc1. The summed E-state index contributed by atoms with van der Waals surface area (Å²) >= 11 is 5.86. The quantitative estimate of drug-likeness (QED) is 0.654. The molecule has 1 aromatic heterocycles. The van der Waals surface area contributed by atoms with Crippen molar-refractivity contribution in [3.63, 3.8) is 0 Å². The van der Waals surface area contributed by atoms with Crippen LogP contribution in [0, 0.1) is 0 Å². The summed E-state index contributed by atoms with van der Waals surface area (Å²) < 4.78 is 5.10. The standard InChI is InChI=1S/C18H20ClN3O4/c1-12(23)22-16(13-4-6-14(19)7-5-13)9-17(24)21-11-18(25)20-10-15-3-2-8-26-15/h2-8,16H,9-11H2,1H3,(H,20,25)(H,21,24)(H,22,23). The minimum atomic E-state index is -0.504. The fraction of sp³-hybridized carbons (Fsp3) is 0.278. The summed E-state index contributed by atoms with van der Waals surface area (Å²) in [6.45, 7) is 1.47. The Morgan fingerprint density at radius 1 is 1.08 bits per heavy atom. The molecule has 1 heterocycles. The first-order valence-electron chi connectivity index (χ1n) is 8.02. The number of halogens is 1. The summed E-state index contributed by atoms with van der Waals surface area (Å²) in [5.74, 6) is -0.323. The number of rotatable bonds is 8. The smallest absolute Gasteiger partial charge is 0.239 e. The van der Waals surface area contributed by atoms with E-state index >= 15 is 0 Å². The van der Waals surface area contributed by atoms with Crippen LogP contribution in [0.4, 0.5) is 0 Å². The first-order chi connectivity index (χ1) is 12.4. The molecule has 0 saturated carbocycles. The molecule has 0 saturated heterocycles. The Morgan fingerprint density at radius 3 is 2.42 bits per heavy atom. The molecule has 0 radical (unpaired) electrons. The van der Waals surface area contributed by atoms with Crippen molar-refractivity contribution >= 4 is 29.3 Å². The number of nitrogens with one attached hydrogen (secondary N) is 3. The molecule has 2 aromatic rings. The molecular weight excluding hydrogens is 358 g/mol. The molecule has 1 aromatic carbocycles. The molecule has 7 nitrogen and oxygen atoms in total. The predicted octanol–water partition coefficient (Wildman–Crippen LogP) is 1.93. The molecule has 26 heavy (non-hydrogen) atoms. The van der Waals surface area contributed by atoms with Crippen LogP contribution in [-0.4, -0.2) is 24.3 Å². The molecule has 0 aliphatic rings. The van der Waals surface area contributed by atoms with Gasteiger partial charge in [-0.05, 0) is 29.8 Å². The Labute approximate surface area is 156 Å². The molecule has 0 aliphatic heterocycles. The summed E-state index contributed by atoms with van der Waals surface area (Å²) in [6, 6.07) is 9.82. The first kappa shape index (κ1) is 19.5. The van der Waals surface area contributed by atoms with Gasteiger partial charge >= 0.3 is 0 Å². The number of amides is 3. The van der Waals surface area contributed by atoms with Gasteiger partial charge in [-0.15, -0.1) is 0 Å².